The first-order valence-corrected chi connectivity index (χ1v) is 10.1. The van der Waals surface area contributed by atoms with Crippen LogP contribution in [0.25, 0.3) is 0 Å². The van der Waals surface area contributed by atoms with E-state index in [0.717, 1.165) is 37.9 Å². The van der Waals surface area contributed by atoms with Gasteiger partial charge in [-0.1, -0.05) is 0 Å². The molecule has 0 radical (unpaired) electrons. The fourth-order valence-electron chi connectivity index (χ4n) is 3.72. The van der Waals surface area contributed by atoms with Crippen molar-refractivity contribution in [3.63, 3.8) is 0 Å². The maximum absolute atomic E-state index is 12.9. The number of amides is 1. The molecular formula is C21H27N5O4. The Morgan fingerprint density at radius 3 is 2.37 bits per heavy atom. The van der Waals surface area contributed by atoms with Crippen LogP contribution >= 0.6 is 0 Å². The molecule has 3 heterocycles. The van der Waals surface area contributed by atoms with E-state index in [1.807, 2.05) is 11.0 Å². The second-order valence-electron chi connectivity index (χ2n) is 7.16. The van der Waals surface area contributed by atoms with Crippen LogP contribution in [-0.4, -0.2) is 87.5 Å². The van der Waals surface area contributed by atoms with Crippen molar-refractivity contribution in [1.82, 2.24) is 14.9 Å². The van der Waals surface area contributed by atoms with Crippen molar-refractivity contribution in [3.8, 4) is 11.5 Å². The van der Waals surface area contributed by atoms with Crippen LogP contribution in [0.3, 0.4) is 0 Å². The van der Waals surface area contributed by atoms with Crippen molar-refractivity contribution in [3.05, 3.63) is 36.0 Å². The lowest BCUT2D eigenvalue weighted by Gasteiger charge is -2.36. The lowest BCUT2D eigenvalue weighted by atomic mass is 10.1. The van der Waals surface area contributed by atoms with Crippen molar-refractivity contribution in [2.45, 2.75) is 0 Å². The van der Waals surface area contributed by atoms with Crippen LogP contribution in [0.4, 0.5) is 11.8 Å². The van der Waals surface area contributed by atoms with Gasteiger partial charge in [0.1, 0.15) is 5.82 Å². The van der Waals surface area contributed by atoms with Crippen molar-refractivity contribution in [2.75, 3.05) is 76.5 Å². The van der Waals surface area contributed by atoms with Gasteiger partial charge in [-0.2, -0.15) is 4.98 Å². The van der Waals surface area contributed by atoms with E-state index < -0.39 is 0 Å². The Hall–Kier alpha value is -3.07. The number of carbonyl (C=O) groups excluding carboxylic acids is 1. The van der Waals surface area contributed by atoms with Gasteiger partial charge in [-0.25, -0.2) is 4.98 Å². The molecule has 1 aromatic carbocycles. The molecule has 9 nitrogen and oxygen atoms in total. The number of ether oxygens (including phenoxy) is 3. The third-order valence-electron chi connectivity index (χ3n) is 5.44. The van der Waals surface area contributed by atoms with E-state index in [0.29, 0.717) is 43.4 Å². The molecule has 0 atom stereocenters. The number of benzene rings is 1. The summed E-state index contributed by atoms with van der Waals surface area (Å²) in [5.74, 6) is 2.79. The number of anilines is 2. The summed E-state index contributed by atoms with van der Waals surface area (Å²) in [5.41, 5.74) is 0.595. The fraction of sp³-hybridized carbons (Fsp3) is 0.476. The number of piperazine rings is 1. The summed E-state index contributed by atoms with van der Waals surface area (Å²) in [6.07, 6.45) is 1.80. The van der Waals surface area contributed by atoms with E-state index >= 15 is 0 Å². The molecule has 160 valence electrons. The van der Waals surface area contributed by atoms with Crippen molar-refractivity contribution >= 4 is 17.7 Å². The molecule has 0 bridgehead atoms. The molecule has 2 aliphatic heterocycles. The van der Waals surface area contributed by atoms with Gasteiger partial charge in [0.05, 0.1) is 27.4 Å². The molecular weight excluding hydrogens is 386 g/mol. The van der Waals surface area contributed by atoms with Crippen LogP contribution < -0.4 is 19.3 Å². The number of nitrogens with zero attached hydrogens (tertiary/aromatic N) is 5. The van der Waals surface area contributed by atoms with Crippen molar-refractivity contribution in [1.29, 1.82) is 0 Å². The van der Waals surface area contributed by atoms with E-state index in [4.69, 9.17) is 19.2 Å². The third-order valence-corrected chi connectivity index (χ3v) is 5.44. The van der Waals surface area contributed by atoms with Crippen LogP contribution in [0.5, 0.6) is 11.5 Å². The Morgan fingerprint density at radius 2 is 1.67 bits per heavy atom. The second kappa shape index (κ2) is 9.17. The lowest BCUT2D eigenvalue weighted by molar-refractivity contribution is 0.0746. The van der Waals surface area contributed by atoms with Gasteiger partial charge in [-0.15, -0.1) is 0 Å². The average Bonchev–Trinajstić information content (AvgIpc) is 2.84. The highest BCUT2D eigenvalue weighted by molar-refractivity contribution is 5.95. The van der Waals surface area contributed by atoms with Gasteiger partial charge < -0.3 is 28.9 Å². The minimum Gasteiger partial charge on any atom is -0.493 e. The number of rotatable bonds is 5. The predicted molar refractivity (Wildman–Crippen MR) is 113 cm³/mol. The maximum Gasteiger partial charge on any atom is 0.254 e. The van der Waals surface area contributed by atoms with E-state index in [1.54, 1.807) is 38.6 Å². The van der Waals surface area contributed by atoms with Gasteiger partial charge in [0.2, 0.25) is 5.95 Å². The van der Waals surface area contributed by atoms with Gasteiger partial charge in [-0.3, -0.25) is 4.79 Å². The molecule has 0 unspecified atom stereocenters. The highest BCUT2D eigenvalue weighted by Crippen LogP contribution is 2.28. The largest absolute Gasteiger partial charge is 0.493 e. The SMILES string of the molecule is COc1ccc(C(=O)N2CCN(c3ccnc(N4CCOCC4)n3)CC2)cc1OC. The standard InChI is InChI=1S/C21H27N5O4/c1-28-17-4-3-16(15-18(17)29-2)20(27)25-9-7-24(8-10-25)19-5-6-22-21(23-19)26-11-13-30-14-12-26/h3-6,15H,7-14H2,1-2H3. The van der Waals surface area contributed by atoms with Crippen molar-refractivity contribution < 1.29 is 19.0 Å². The number of hydrogen-bond acceptors (Lipinski definition) is 8. The molecule has 30 heavy (non-hydrogen) atoms. The van der Waals surface area contributed by atoms with E-state index in [2.05, 4.69) is 14.8 Å². The summed E-state index contributed by atoms with van der Waals surface area (Å²) in [7, 11) is 3.15. The fourth-order valence-corrected chi connectivity index (χ4v) is 3.72. The van der Waals surface area contributed by atoms with Gasteiger partial charge in [0.15, 0.2) is 11.5 Å². The number of methoxy groups -OCH3 is 2. The maximum atomic E-state index is 12.9. The molecule has 2 fully saturated rings. The van der Waals surface area contributed by atoms with Crippen LogP contribution in [0, 0.1) is 0 Å². The van der Waals surface area contributed by atoms with Gasteiger partial charge >= 0.3 is 0 Å². The molecule has 2 aliphatic rings. The number of aromatic nitrogens is 2. The molecule has 4 rings (SSSR count). The van der Waals surface area contributed by atoms with Gasteiger partial charge in [-0.05, 0) is 24.3 Å². The van der Waals surface area contributed by atoms with Crippen molar-refractivity contribution in [2.24, 2.45) is 0 Å². The topological polar surface area (TPSA) is 80.3 Å². The molecule has 2 aromatic rings. The first-order valence-electron chi connectivity index (χ1n) is 10.1. The van der Waals surface area contributed by atoms with Crippen LogP contribution in [-0.2, 0) is 4.74 Å². The monoisotopic (exact) mass is 413 g/mol. The molecule has 0 saturated carbocycles. The summed E-state index contributed by atoms with van der Waals surface area (Å²) in [6, 6.07) is 7.19. The highest BCUT2D eigenvalue weighted by Gasteiger charge is 2.24. The molecule has 0 aliphatic carbocycles. The van der Waals surface area contributed by atoms with Gasteiger partial charge in [0, 0.05) is 51.0 Å². The summed E-state index contributed by atoms with van der Waals surface area (Å²) >= 11 is 0. The minimum atomic E-state index is -0.00713. The Kier molecular flexibility index (Phi) is 6.18. The molecule has 1 amide bonds. The zero-order chi connectivity index (χ0) is 20.9. The summed E-state index contributed by atoms with van der Waals surface area (Å²) in [5, 5.41) is 0. The minimum absolute atomic E-state index is 0.00713. The van der Waals surface area contributed by atoms with E-state index in [9.17, 15) is 4.79 Å². The average molecular weight is 413 g/mol. The first kappa shape index (κ1) is 20.2. The summed E-state index contributed by atoms with van der Waals surface area (Å²) < 4.78 is 16.0. The normalized spacial score (nSPS) is 17.1. The lowest BCUT2D eigenvalue weighted by Crippen LogP contribution is -2.49. The number of hydrogen-bond donors (Lipinski definition) is 0. The summed E-state index contributed by atoms with van der Waals surface area (Å²) in [6.45, 7) is 5.70. The van der Waals surface area contributed by atoms with Crippen LogP contribution in [0.15, 0.2) is 30.5 Å². The Morgan fingerprint density at radius 1 is 0.933 bits per heavy atom. The highest BCUT2D eigenvalue weighted by atomic mass is 16.5. The van der Waals surface area contributed by atoms with E-state index in [1.165, 1.54) is 0 Å². The predicted octanol–water partition coefficient (Wildman–Crippen LogP) is 1.29. The third kappa shape index (κ3) is 4.25. The number of morpholine rings is 1. The van der Waals surface area contributed by atoms with E-state index in [-0.39, 0.29) is 5.91 Å². The Balaban J connectivity index is 1.40. The smallest absolute Gasteiger partial charge is 0.254 e. The summed E-state index contributed by atoms with van der Waals surface area (Å²) in [4.78, 5) is 28.3. The zero-order valence-electron chi connectivity index (χ0n) is 17.4. The molecule has 1 aromatic heterocycles. The van der Waals surface area contributed by atoms with Crippen LogP contribution in [0.2, 0.25) is 0 Å². The van der Waals surface area contributed by atoms with Crippen LogP contribution in [0.1, 0.15) is 10.4 Å². The van der Waals surface area contributed by atoms with Gasteiger partial charge in [0.25, 0.3) is 5.91 Å². The molecule has 9 heteroatoms. The Bertz CT molecular complexity index is 879. The zero-order valence-corrected chi connectivity index (χ0v) is 17.4. The quantitative estimate of drug-likeness (QED) is 0.726. The first-order chi connectivity index (χ1) is 14.7. The number of carbonyl (C=O) groups is 1. The molecule has 0 spiro atoms. The Labute approximate surface area is 176 Å². The molecule has 0 N–H and O–H groups in total. The second-order valence-corrected chi connectivity index (χ2v) is 7.16. The molecule has 2 saturated heterocycles.